The Morgan fingerprint density at radius 1 is 0.821 bits per heavy atom. The predicted molar refractivity (Wildman–Crippen MR) is 151 cm³/mol. The number of nitrogens with zero attached hydrogens (tertiary/aromatic N) is 4. The summed E-state index contributed by atoms with van der Waals surface area (Å²) in [5.74, 6) is -0.598. The molecule has 2 aromatic heterocycles. The fraction of sp³-hybridized carbons (Fsp3) is 0.333. The van der Waals surface area contributed by atoms with Gasteiger partial charge in [-0.15, -0.1) is 20.4 Å². The zero-order valence-electron chi connectivity index (χ0n) is 21.9. The molecule has 39 heavy (non-hydrogen) atoms. The molecule has 0 spiro atoms. The summed E-state index contributed by atoms with van der Waals surface area (Å²) in [7, 11) is 3.01. The largest absolute Gasteiger partial charge is 0.367 e. The first-order valence-corrected chi connectivity index (χ1v) is 14.0. The van der Waals surface area contributed by atoms with Crippen LogP contribution in [0.15, 0.2) is 60.7 Å². The first kappa shape index (κ1) is 28.4. The highest BCUT2D eigenvalue weighted by Crippen LogP contribution is 2.28. The summed E-state index contributed by atoms with van der Waals surface area (Å²) in [4.78, 5) is 25.6. The smallest absolute Gasteiger partial charge is 0.262 e. The molecular formula is C27H30N6O4S2. The number of carbonyl (C=O) groups is 2. The van der Waals surface area contributed by atoms with Crippen molar-refractivity contribution in [2.75, 3.05) is 24.9 Å². The van der Waals surface area contributed by atoms with E-state index >= 15 is 0 Å². The Morgan fingerprint density at radius 2 is 1.36 bits per heavy atom. The van der Waals surface area contributed by atoms with Crippen LogP contribution in [0.3, 0.4) is 0 Å². The van der Waals surface area contributed by atoms with Crippen molar-refractivity contribution in [2.24, 2.45) is 0 Å². The Morgan fingerprint density at radius 3 is 1.90 bits per heavy atom. The third-order valence-corrected chi connectivity index (χ3v) is 7.95. The van der Waals surface area contributed by atoms with E-state index in [1.54, 1.807) is 6.92 Å². The molecule has 2 N–H and O–H groups in total. The molecule has 2 heterocycles. The lowest BCUT2D eigenvalue weighted by atomic mass is 9.95. The molecule has 0 radical (unpaired) electrons. The highest BCUT2D eigenvalue weighted by atomic mass is 32.1. The number of benzene rings is 2. The molecule has 2 atom stereocenters. The fourth-order valence-corrected chi connectivity index (χ4v) is 5.43. The van der Waals surface area contributed by atoms with E-state index in [-0.39, 0.29) is 11.8 Å². The molecule has 0 fully saturated rings. The number of methoxy groups -OCH3 is 2. The molecule has 0 aliphatic heterocycles. The summed E-state index contributed by atoms with van der Waals surface area (Å²) in [5, 5.41) is 24.8. The van der Waals surface area contributed by atoms with Crippen LogP contribution in [0.2, 0.25) is 0 Å². The van der Waals surface area contributed by atoms with Crippen molar-refractivity contribution in [3.8, 4) is 0 Å². The fourth-order valence-electron chi connectivity index (χ4n) is 3.87. The number of rotatable bonds is 13. The van der Waals surface area contributed by atoms with Crippen molar-refractivity contribution in [1.29, 1.82) is 0 Å². The number of amides is 2. The summed E-state index contributed by atoms with van der Waals surface area (Å²) in [6.07, 6.45) is 2.46. The summed E-state index contributed by atoms with van der Waals surface area (Å²) < 4.78 is 10.9. The molecule has 0 aliphatic rings. The summed E-state index contributed by atoms with van der Waals surface area (Å²) in [6.45, 7) is 1.73. The normalized spacial score (nSPS) is 13.4. The molecule has 4 aromatic rings. The molecule has 0 saturated carbocycles. The first-order valence-electron chi connectivity index (χ1n) is 12.4. The lowest BCUT2D eigenvalue weighted by Crippen LogP contribution is -2.39. The minimum absolute atomic E-state index is 0.292. The maximum Gasteiger partial charge on any atom is 0.262 e. The summed E-state index contributed by atoms with van der Waals surface area (Å²) in [6, 6.07) is 18.6. The van der Waals surface area contributed by atoms with Crippen molar-refractivity contribution < 1.29 is 19.1 Å². The molecule has 0 aliphatic carbocycles. The van der Waals surface area contributed by atoms with Gasteiger partial charge in [0.2, 0.25) is 10.3 Å². The van der Waals surface area contributed by atoms with E-state index < -0.39 is 11.7 Å². The van der Waals surface area contributed by atoms with Gasteiger partial charge in [-0.3, -0.25) is 20.2 Å². The van der Waals surface area contributed by atoms with Crippen molar-refractivity contribution >= 4 is 44.8 Å². The molecular weight excluding hydrogens is 536 g/mol. The van der Waals surface area contributed by atoms with Crippen LogP contribution in [0, 0.1) is 0 Å². The van der Waals surface area contributed by atoms with Crippen molar-refractivity contribution in [3.05, 3.63) is 81.8 Å². The van der Waals surface area contributed by atoms with Crippen LogP contribution in [-0.2, 0) is 37.5 Å². The Hall–Kier alpha value is -3.58. The van der Waals surface area contributed by atoms with E-state index in [0.717, 1.165) is 46.8 Å². The lowest BCUT2D eigenvalue weighted by Gasteiger charge is -2.26. The third-order valence-electron chi connectivity index (χ3n) is 6.16. The Balaban J connectivity index is 1.22. The molecule has 0 saturated heterocycles. The van der Waals surface area contributed by atoms with Gasteiger partial charge >= 0.3 is 0 Å². The highest BCUT2D eigenvalue weighted by molar-refractivity contribution is 7.15. The van der Waals surface area contributed by atoms with Gasteiger partial charge in [0, 0.05) is 27.1 Å². The molecule has 204 valence electrons. The van der Waals surface area contributed by atoms with Gasteiger partial charge in [0.05, 0.1) is 0 Å². The second-order valence-electron chi connectivity index (χ2n) is 8.78. The van der Waals surface area contributed by atoms with E-state index in [9.17, 15) is 9.59 Å². The van der Waals surface area contributed by atoms with Crippen LogP contribution in [0.4, 0.5) is 10.3 Å². The van der Waals surface area contributed by atoms with Crippen molar-refractivity contribution in [1.82, 2.24) is 20.4 Å². The monoisotopic (exact) mass is 566 g/mol. The van der Waals surface area contributed by atoms with Gasteiger partial charge in [-0.1, -0.05) is 83.3 Å². The van der Waals surface area contributed by atoms with E-state index in [4.69, 9.17) is 9.47 Å². The van der Waals surface area contributed by atoms with Gasteiger partial charge in [-0.25, -0.2) is 0 Å². The average molecular weight is 567 g/mol. The minimum Gasteiger partial charge on any atom is -0.367 e. The number of carbonyl (C=O) groups excluding carboxylic acids is 2. The first-order chi connectivity index (χ1) is 18.9. The molecule has 12 heteroatoms. The number of nitrogens with one attached hydrogen (secondary N) is 2. The lowest BCUT2D eigenvalue weighted by molar-refractivity contribution is -0.136. The summed E-state index contributed by atoms with van der Waals surface area (Å²) >= 11 is 2.70. The third kappa shape index (κ3) is 7.30. The number of aryl methyl sites for hydroxylation is 2. The zero-order chi connectivity index (χ0) is 27.7. The van der Waals surface area contributed by atoms with Crippen LogP contribution >= 0.6 is 22.7 Å². The molecule has 2 aromatic carbocycles. The van der Waals surface area contributed by atoms with E-state index in [0.29, 0.717) is 10.3 Å². The number of unbranched alkanes of at least 4 members (excludes halogenated alkanes) is 1. The van der Waals surface area contributed by atoms with Crippen LogP contribution in [-0.4, -0.2) is 46.4 Å². The maximum atomic E-state index is 12.9. The number of hydrogen-bond acceptors (Lipinski definition) is 10. The van der Waals surface area contributed by atoms with Gasteiger partial charge in [0.15, 0.2) is 11.7 Å². The van der Waals surface area contributed by atoms with E-state index in [1.165, 1.54) is 36.9 Å². The van der Waals surface area contributed by atoms with Crippen molar-refractivity contribution in [3.63, 3.8) is 0 Å². The number of hydrogen-bond donors (Lipinski definition) is 2. The van der Waals surface area contributed by atoms with Gasteiger partial charge in [0.1, 0.15) is 10.0 Å². The zero-order valence-corrected chi connectivity index (χ0v) is 23.6. The Labute approximate surface area is 234 Å². The standard InChI is InChI=1S/C27H30N6O4S2/c1-27(37-3,19-14-8-5-9-15-19)24(35)29-26-33-31-21(39-26)17-11-10-16-20-30-32-25(38-20)28-23(34)22(36-2)18-12-6-4-7-13-18/h4-9,12-15,22H,10-11,16-17H2,1-3H3,(H,28,32,34)(H,29,33,35)/t22-,27?/m0/s1. The second-order valence-corrected chi connectivity index (χ2v) is 10.9. The van der Waals surface area contributed by atoms with Gasteiger partial charge in [-0.05, 0) is 30.9 Å². The SMILES string of the molecule is CO[C@H](C(=O)Nc1nnc(CCCCc2nnc(NC(=O)C(C)(OC)c3ccccc3)s2)s1)c1ccccc1. The maximum absolute atomic E-state index is 12.9. The van der Waals surface area contributed by atoms with E-state index in [1.807, 2.05) is 60.7 Å². The van der Waals surface area contributed by atoms with Crippen LogP contribution in [0.1, 0.15) is 47.0 Å². The van der Waals surface area contributed by atoms with Gasteiger partial charge in [-0.2, -0.15) is 0 Å². The number of aromatic nitrogens is 4. The van der Waals surface area contributed by atoms with Crippen LogP contribution in [0.25, 0.3) is 0 Å². The quantitative estimate of drug-likeness (QED) is 0.221. The predicted octanol–water partition coefficient (Wildman–Crippen LogP) is 4.78. The van der Waals surface area contributed by atoms with Crippen LogP contribution in [0.5, 0.6) is 0 Å². The summed E-state index contributed by atoms with van der Waals surface area (Å²) in [5.41, 5.74) is 0.383. The van der Waals surface area contributed by atoms with Gasteiger partial charge < -0.3 is 9.47 Å². The number of ether oxygens (including phenoxy) is 2. The Kier molecular flexibility index (Phi) is 9.82. The van der Waals surface area contributed by atoms with Crippen molar-refractivity contribution in [2.45, 2.75) is 44.3 Å². The molecule has 4 rings (SSSR count). The topological polar surface area (TPSA) is 128 Å². The average Bonchev–Trinajstić information content (AvgIpc) is 3.61. The van der Waals surface area contributed by atoms with Crippen LogP contribution < -0.4 is 10.6 Å². The number of anilines is 2. The highest BCUT2D eigenvalue weighted by Gasteiger charge is 2.35. The van der Waals surface area contributed by atoms with E-state index in [2.05, 4.69) is 31.0 Å². The molecule has 1 unspecified atom stereocenters. The Bertz CT molecular complexity index is 1360. The molecule has 10 nitrogen and oxygen atoms in total. The second kappa shape index (κ2) is 13.5. The minimum atomic E-state index is -1.14. The van der Waals surface area contributed by atoms with Gasteiger partial charge in [0.25, 0.3) is 11.8 Å². The molecule has 2 amide bonds. The molecule has 0 bridgehead atoms.